The quantitative estimate of drug-likeness (QED) is 0.582. The van der Waals surface area contributed by atoms with E-state index >= 15 is 0 Å². The smallest absolute Gasteiger partial charge is 0.308 e. The highest BCUT2D eigenvalue weighted by Gasteiger charge is 2.33. The van der Waals surface area contributed by atoms with Crippen LogP contribution in [0.25, 0.3) is 0 Å². The van der Waals surface area contributed by atoms with Gasteiger partial charge >= 0.3 is 5.97 Å². The Morgan fingerprint density at radius 3 is 2.58 bits per heavy atom. The van der Waals surface area contributed by atoms with E-state index in [0.29, 0.717) is 18.7 Å². The Morgan fingerprint density at radius 2 is 2.04 bits per heavy atom. The zero-order valence-corrected chi connectivity index (χ0v) is 14.6. The summed E-state index contributed by atoms with van der Waals surface area (Å²) in [6, 6.07) is 6.48. The predicted octanol–water partition coefficient (Wildman–Crippen LogP) is 3.41. The molecule has 1 rings (SSSR count). The molecule has 6 heteroatoms. The van der Waals surface area contributed by atoms with Gasteiger partial charge in [-0.15, -0.1) is 0 Å². The number of esters is 1. The van der Waals surface area contributed by atoms with E-state index in [-0.39, 0.29) is 17.2 Å². The number of ether oxygens (including phenoxy) is 2. The van der Waals surface area contributed by atoms with Crippen molar-refractivity contribution < 1.29 is 19.1 Å². The molecule has 0 bridgehead atoms. The Balaban J connectivity index is 2.99. The average Bonchev–Trinajstić information content (AvgIpc) is 2.54. The van der Waals surface area contributed by atoms with Crippen LogP contribution in [0.2, 0.25) is 0 Å². The summed E-state index contributed by atoms with van der Waals surface area (Å²) in [5, 5.41) is 12.0. The molecular formula is C18H24N2O4. The van der Waals surface area contributed by atoms with Gasteiger partial charge in [-0.25, -0.2) is 0 Å². The summed E-state index contributed by atoms with van der Waals surface area (Å²) in [4.78, 5) is 23.6. The van der Waals surface area contributed by atoms with Gasteiger partial charge in [-0.2, -0.15) is 5.26 Å². The second kappa shape index (κ2) is 9.04. The fourth-order valence-corrected chi connectivity index (χ4v) is 2.29. The highest BCUT2D eigenvalue weighted by atomic mass is 16.5. The molecule has 0 aromatic heterocycles. The Morgan fingerprint density at radius 1 is 1.33 bits per heavy atom. The molecule has 0 aliphatic carbocycles. The van der Waals surface area contributed by atoms with Gasteiger partial charge in [0.15, 0.2) is 0 Å². The summed E-state index contributed by atoms with van der Waals surface area (Å²) in [6.45, 7) is 7.34. The molecule has 1 aromatic carbocycles. The molecular weight excluding hydrogens is 308 g/mol. The molecule has 0 aliphatic heterocycles. The van der Waals surface area contributed by atoms with Crippen LogP contribution in [-0.2, 0) is 14.3 Å². The maximum Gasteiger partial charge on any atom is 0.308 e. The SMILES string of the molecule is CCCC[C@](C)(OCC)C(=O)Nc1ccc(OC(C)=O)cc1C#N. The molecule has 0 saturated carbocycles. The lowest BCUT2D eigenvalue weighted by atomic mass is 9.97. The van der Waals surface area contributed by atoms with E-state index in [1.807, 2.05) is 19.9 Å². The highest BCUT2D eigenvalue weighted by Crippen LogP contribution is 2.25. The first-order valence-electron chi connectivity index (χ1n) is 8.04. The topological polar surface area (TPSA) is 88.4 Å². The van der Waals surface area contributed by atoms with Crippen molar-refractivity contribution in [3.8, 4) is 11.8 Å². The Labute approximate surface area is 142 Å². The monoisotopic (exact) mass is 332 g/mol. The van der Waals surface area contributed by atoms with Gasteiger partial charge in [0.05, 0.1) is 11.3 Å². The first-order valence-corrected chi connectivity index (χ1v) is 8.04. The second-order valence-electron chi connectivity index (χ2n) is 5.63. The van der Waals surface area contributed by atoms with E-state index in [2.05, 4.69) is 5.32 Å². The first kappa shape index (κ1) is 19.7. The molecule has 1 N–H and O–H groups in total. The van der Waals surface area contributed by atoms with Crippen LogP contribution in [0.5, 0.6) is 5.75 Å². The van der Waals surface area contributed by atoms with Crippen molar-refractivity contribution in [2.75, 3.05) is 11.9 Å². The van der Waals surface area contributed by atoms with E-state index < -0.39 is 11.6 Å². The number of nitrogens with one attached hydrogen (secondary N) is 1. The van der Waals surface area contributed by atoms with Gasteiger partial charge in [-0.1, -0.05) is 19.8 Å². The third-order valence-electron chi connectivity index (χ3n) is 3.57. The molecule has 0 unspecified atom stereocenters. The minimum atomic E-state index is -0.952. The van der Waals surface area contributed by atoms with Crippen molar-refractivity contribution >= 4 is 17.6 Å². The van der Waals surface area contributed by atoms with E-state index in [0.717, 1.165) is 12.8 Å². The third-order valence-corrected chi connectivity index (χ3v) is 3.57. The summed E-state index contributed by atoms with van der Waals surface area (Å²) in [5.74, 6) is -0.510. The van der Waals surface area contributed by atoms with Crippen molar-refractivity contribution in [1.82, 2.24) is 0 Å². The molecule has 0 heterocycles. The van der Waals surface area contributed by atoms with E-state index in [4.69, 9.17) is 9.47 Å². The van der Waals surface area contributed by atoms with Crippen molar-refractivity contribution in [3.63, 3.8) is 0 Å². The fraction of sp³-hybridized carbons (Fsp3) is 0.500. The fourth-order valence-electron chi connectivity index (χ4n) is 2.29. The van der Waals surface area contributed by atoms with Crippen molar-refractivity contribution in [1.29, 1.82) is 5.26 Å². The van der Waals surface area contributed by atoms with Gasteiger partial charge < -0.3 is 14.8 Å². The molecule has 1 amide bonds. The molecule has 0 aliphatic rings. The number of nitriles is 1. The predicted molar refractivity (Wildman–Crippen MR) is 90.7 cm³/mol. The minimum absolute atomic E-state index is 0.219. The lowest BCUT2D eigenvalue weighted by Crippen LogP contribution is -2.43. The van der Waals surface area contributed by atoms with Crippen LogP contribution in [0.4, 0.5) is 5.69 Å². The van der Waals surface area contributed by atoms with E-state index in [1.54, 1.807) is 13.0 Å². The van der Waals surface area contributed by atoms with Crippen LogP contribution < -0.4 is 10.1 Å². The number of carbonyl (C=O) groups excluding carboxylic acids is 2. The number of benzene rings is 1. The molecule has 6 nitrogen and oxygen atoms in total. The van der Waals surface area contributed by atoms with E-state index in [1.165, 1.54) is 19.1 Å². The number of nitrogens with zero attached hydrogens (tertiary/aromatic N) is 1. The van der Waals surface area contributed by atoms with Gasteiger partial charge in [0.25, 0.3) is 5.91 Å². The summed E-state index contributed by atoms with van der Waals surface area (Å²) < 4.78 is 10.6. The largest absolute Gasteiger partial charge is 0.427 e. The lowest BCUT2D eigenvalue weighted by Gasteiger charge is -2.28. The van der Waals surface area contributed by atoms with Gasteiger partial charge in [-0.05, 0) is 32.4 Å². The highest BCUT2D eigenvalue weighted by molar-refractivity contribution is 5.98. The number of hydrogen-bond acceptors (Lipinski definition) is 5. The van der Waals surface area contributed by atoms with Crippen molar-refractivity contribution in [2.45, 2.75) is 52.6 Å². The Hall–Kier alpha value is -2.39. The maximum atomic E-state index is 12.6. The standard InChI is InChI=1S/C18H24N2O4/c1-5-7-10-18(4,23-6-2)17(22)20-16-9-8-15(24-13(3)21)11-14(16)12-19/h8-9,11H,5-7,10H2,1-4H3,(H,20,22)/t18-/m0/s1. The first-order chi connectivity index (χ1) is 11.4. The third kappa shape index (κ3) is 5.36. The zero-order chi connectivity index (χ0) is 18.2. The van der Waals surface area contributed by atoms with Crippen LogP contribution in [0.3, 0.4) is 0 Å². The van der Waals surface area contributed by atoms with Gasteiger partial charge in [0.2, 0.25) is 0 Å². The molecule has 0 radical (unpaired) electrons. The van der Waals surface area contributed by atoms with Gasteiger partial charge in [0, 0.05) is 19.6 Å². The molecule has 1 aromatic rings. The number of rotatable bonds is 8. The Kier molecular flexibility index (Phi) is 7.40. The molecule has 130 valence electrons. The van der Waals surface area contributed by atoms with Crippen molar-refractivity contribution in [3.05, 3.63) is 23.8 Å². The molecule has 24 heavy (non-hydrogen) atoms. The second-order valence-corrected chi connectivity index (χ2v) is 5.63. The van der Waals surface area contributed by atoms with Crippen LogP contribution in [0.15, 0.2) is 18.2 Å². The number of amides is 1. The molecule has 1 atom stereocenters. The number of unbranched alkanes of at least 4 members (excludes halogenated alkanes) is 1. The van der Waals surface area contributed by atoms with Crippen LogP contribution >= 0.6 is 0 Å². The van der Waals surface area contributed by atoms with Crippen LogP contribution in [0, 0.1) is 11.3 Å². The van der Waals surface area contributed by atoms with Gasteiger partial charge in [0.1, 0.15) is 17.4 Å². The lowest BCUT2D eigenvalue weighted by molar-refractivity contribution is -0.139. The molecule has 0 fully saturated rings. The number of hydrogen-bond donors (Lipinski definition) is 1. The number of anilines is 1. The van der Waals surface area contributed by atoms with Crippen LogP contribution in [0.1, 0.15) is 52.5 Å². The average molecular weight is 332 g/mol. The van der Waals surface area contributed by atoms with Gasteiger partial charge in [-0.3, -0.25) is 9.59 Å². The summed E-state index contributed by atoms with van der Waals surface area (Å²) in [5.41, 5.74) is -0.372. The van der Waals surface area contributed by atoms with Crippen molar-refractivity contribution in [2.24, 2.45) is 0 Å². The molecule has 0 spiro atoms. The maximum absolute atomic E-state index is 12.6. The molecule has 0 saturated heterocycles. The Bertz CT molecular complexity index is 636. The normalized spacial score (nSPS) is 12.8. The summed E-state index contributed by atoms with van der Waals surface area (Å²) in [7, 11) is 0. The summed E-state index contributed by atoms with van der Waals surface area (Å²) in [6.07, 6.45) is 2.41. The van der Waals surface area contributed by atoms with Crippen LogP contribution in [-0.4, -0.2) is 24.1 Å². The summed E-state index contributed by atoms with van der Waals surface area (Å²) >= 11 is 0. The minimum Gasteiger partial charge on any atom is -0.427 e. The number of carbonyl (C=O) groups is 2. The van der Waals surface area contributed by atoms with E-state index in [9.17, 15) is 14.9 Å². The zero-order valence-electron chi connectivity index (χ0n) is 14.6.